The van der Waals surface area contributed by atoms with Crippen LogP contribution in [0.5, 0.6) is 5.75 Å². The summed E-state index contributed by atoms with van der Waals surface area (Å²) in [6, 6.07) is 9.41. The molecule has 0 unspecified atom stereocenters. The van der Waals surface area contributed by atoms with Gasteiger partial charge in [0.15, 0.2) is 0 Å². The van der Waals surface area contributed by atoms with E-state index < -0.39 is 5.97 Å². The Bertz CT molecular complexity index is 1160. The minimum absolute atomic E-state index is 0.0709. The van der Waals surface area contributed by atoms with Crippen molar-refractivity contribution in [1.29, 1.82) is 0 Å². The van der Waals surface area contributed by atoms with E-state index in [2.05, 4.69) is 128 Å². The molecule has 1 N–H and O–H groups in total. The lowest BCUT2D eigenvalue weighted by molar-refractivity contribution is -0.137. The summed E-state index contributed by atoms with van der Waals surface area (Å²) in [7, 11) is 0. The highest BCUT2D eigenvalue weighted by Crippen LogP contribution is 2.50. The fourth-order valence-electron chi connectivity index (χ4n) is 5.22. The number of carbonyl (C=O) groups is 1. The topological polar surface area (TPSA) is 46.5 Å². The van der Waals surface area contributed by atoms with Crippen molar-refractivity contribution in [2.24, 2.45) is 0 Å². The van der Waals surface area contributed by atoms with Crippen LogP contribution in [0.3, 0.4) is 0 Å². The van der Waals surface area contributed by atoms with Gasteiger partial charge in [-0.2, -0.15) is 0 Å². The third-order valence-electron chi connectivity index (χ3n) is 7.18. The number of carboxylic acids is 1. The van der Waals surface area contributed by atoms with E-state index in [0.717, 1.165) is 5.75 Å². The molecular formula is C36H56O3S2. The third kappa shape index (κ3) is 9.99. The maximum atomic E-state index is 11.1. The van der Waals surface area contributed by atoms with Gasteiger partial charge in [-0.3, -0.25) is 4.79 Å². The highest BCUT2D eigenvalue weighted by molar-refractivity contribution is 8.18. The first kappa shape index (κ1) is 35.6. The normalized spacial score (nSPS) is 13.4. The summed E-state index contributed by atoms with van der Waals surface area (Å²) < 4.78 is 6.26. The van der Waals surface area contributed by atoms with E-state index in [0.29, 0.717) is 13.0 Å². The van der Waals surface area contributed by atoms with Gasteiger partial charge >= 0.3 is 5.97 Å². The minimum atomic E-state index is -0.787. The fourth-order valence-corrected chi connectivity index (χ4v) is 7.81. The highest BCUT2D eigenvalue weighted by atomic mass is 32.2. The predicted octanol–water partition coefficient (Wildman–Crippen LogP) is 11.0. The number of ether oxygens (including phenoxy) is 1. The third-order valence-corrected chi connectivity index (χ3v) is 9.61. The molecular weight excluding hydrogens is 545 g/mol. The van der Waals surface area contributed by atoms with Gasteiger partial charge in [0.05, 0.1) is 10.7 Å². The van der Waals surface area contributed by atoms with E-state index in [1.165, 1.54) is 37.6 Å². The van der Waals surface area contributed by atoms with Crippen molar-refractivity contribution in [1.82, 2.24) is 0 Å². The quantitative estimate of drug-likeness (QED) is 0.176. The number of hydrogen-bond donors (Lipinski definition) is 1. The Labute approximate surface area is 260 Å². The zero-order valence-electron chi connectivity index (χ0n) is 28.5. The summed E-state index contributed by atoms with van der Waals surface area (Å²) in [6.45, 7) is 34.5. The fraction of sp³-hybridized carbons (Fsp3) is 0.639. The van der Waals surface area contributed by atoms with Crippen LogP contribution >= 0.6 is 23.5 Å². The van der Waals surface area contributed by atoms with Gasteiger partial charge < -0.3 is 9.84 Å². The molecule has 0 fully saturated rings. The molecule has 0 heterocycles. The second-order valence-corrected chi connectivity index (χ2v) is 19.6. The zero-order chi connectivity index (χ0) is 31.8. The second kappa shape index (κ2) is 12.6. The summed E-state index contributed by atoms with van der Waals surface area (Å²) in [6.07, 6.45) is 0.605. The van der Waals surface area contributed by atoms with Crippen molar-refractivity contribution < 1.29 is 14.6 Å². The van der Waals surface area contributed by atoms with Crippen LogP contribution in [0.1, 0.15) is 138 Å². The van der Waals surface area contributed by atoms with Crippen LogP contribution in [-0.4, -0.2) is 21.8 Å². The van der Waals surface area contributed by atoms with E-state index in [1.54, 1.807) is 0 Å². The van der Waals surface area contributed by atoms with Gasteiger partial charge in [0.2, 0.25) is 0 Å². The van der Waals surface area contributed by atoms with Crippen molar-refractivity contribution in [3.05, 3.63) is 52.1 Å². The molecule has 0 radical (unpaired) electrons. The Hall–Kier alpha value is -1.59. The van der Waals surface area contributed by atoms with E-state index in [9.17, 15) is 4.79 Å². The lowest BCUT2D eigenvalue weighted by Crippen LogP contribution is -2.21. The van der Waals surface area contributed by atoms with E-state index in [-0.39, 0.29) is 32.2 Å². The lowest BCUT2D eigenvalue weighted by Gasteiger charge is -2.33. The minimum Gasteiger partial charge on any atom is -0.493 e. The summed E-state index contributed by atoms with van der Waals surface area (Å²) in [4.78, 5) is 13.6. The van der Waals surface area contributed by atoms with Gasteiger partial charge in [0, 0.05) is 27.3 Å². The molecule has 3 nitrogen and oxygen atoms in total. The van der Waals surface area contributed by atoms with Crippen LogP contribution in [0.15, 0.2) is 34.1 Å². The maximum Gasteiger partial charge on any atom is 0.303 e. The molecule has 0 atom stereocenters. The first-order chi connectivity index (χ1) is 18.3. The Morgan fingerprint density at radius 2 is 1.00 bits per heavy atom. The smallest absolute Gasteiger partial charge is 0.303 e. The molecule has 41 heavy (non-hydrogen) atoms. The van der Waals surface area contributed by atoms with Gasteiger partial charge in [-0.1, -0.05) is 83.1 Å². The van der Waals surface area contributed by atoms with Gasteiger partial charge in [0.25, 0.3) is 0 Å². The van der Waals surface area contributed by atoms with Crippen LogP contribution in [0.4, 0.5) is 0 Å². The summed E-state index contributed by atoms with van der Waals surface area (Å²) in [5.74, 6) is 0.123. The number of benzene rings is 2. The first-order valence-corrected chi connectivity index (χ1v) is 16.5. The van der Waals surface area contributed by atoms with E-state index in [1.807, 2.05) is 23.5 Å². The highest BCUT2D eigenvalue weighted by Gasteiger charge is 2.31. The summed E-state index contributed by atoms with van der Waals surface area (Å²) >= 11 is 3.84. The first-order valence-electron chi connectivity index (χ1n) is 14.9. The number of rotatable bonds is 9. The van der Waals surface area contributed by atoms with Crippen molar-refractivity contribution in [3.63, 3.8) is 0 Å². The molecule has 230 valence electrons. The monoisotopic (exact) mass is 600 g/mol. The molecule has 2 rings (SSSR count). The molecule has 5 heteroatoms. The Morgan fingerprint density at radius 1 is 0.659 bits per heavy atom. The molecule has 2 aromatic rings. The molecule has 0 amide bonds. The van der Waals surface area contributed by atoms with Crippen molar-refractivity contribution in [2.75, 3.05) is 6.61 Å². The molecule has 0 aromatic heterocycles. The molecule has 0 spiro atoms. The molecule has 0 saturated heterocycles. The van der Waals surface area contributed by atoms with Crippen molar-refractivity contribution in [3.8, 4) is 5.75 Å². The van der Waals surface area contributed by atoms with Crippen molar-refractivity contribution in [2.45, 2.75) is 152 Å². The molecule has 0 saturated carbocycles. The predicted molar refractivity (Wildman–Crippen MR) is 181 cm³/mol. The van der Waals surface area contributed by atoms with Crippen molar-refractivity contribution >= 4 is 29.5 Å². The Kier molecular flexibility index (Phi) is 10.9. The number of hydrogen-bond acceptors (Lipinski definition) is 4. The van der Waals surface area contributed by atoms with E-state index >= 15 is 0 Å². The van der Waals surface area contributed by atoms with Gasteiger partial charge in [-0.05, 0) is 89.8 Å². The van der Waals surface area contributed by atoms with Gasteiger partial charge in [-0.15, -0.1) is 23.5 Å². The number of thioether (sulfide) groups is 2. The van der Waals surface area contributed by atoms with Crippen LogP contribution < -0.4 is 4.74 Å². The largest absolute Gasteiger partial charge is 0.493 e. The zero-order valence-corrected chi connectivity index (χ0v) is 30.1. The molecule has 0 aliphatic heterocycles. The standard InChI is InChI=1S/C36H56O3S2/c1-23-26(32(2,3)4)19-24(20-27(23)33(5,6)7)40-36(14,15)41-25-21-28(34(8,9)10)31(29(22-25)35(11,12)13)39-18-16-17-30(37)38/h19-22H,16-18H2,1-15H3,(H,37,38). The Morgan fingerprint density at radius 3 is 1.32 bits per heavy atom. The molecule has 2 aromatic carbocycles. The van der Waals surface area contributed by atoms with E-state index in [4.69, 9.17) is 9.84 Å². The molecule has 0 aliphatic carbocycles. The lowest BCUT2D eigenvalue weighted by atomic mass is 9.77. The molecule has 0 aliphatic rings. The van der Waals surface area contributed by atoms with Crippen LogP contribution in [-0.2, 0) is 26.5 Å². The molecule has 0 bridgehead atoms. The van der Waals surface area contributed by atoms with Gasteiger partial charge in [0.1, 0.15) is 5.75 Å². The van der Waals surface area contributed by atoms with Crippen LogP contribution in [0.2, 0.25) is 0 Å². The average molecular weight is 601 g/mol. The SMILES string of the molecule is Cc1c(C(C)(C)C)cc(SC(C)(C)Sc2cc(C(C)(C)C)c(OCCCC(=O)O)c(C(C)(C)C)c2)cc1C(C)(C)C. The maximum absolute atomic E-state index is 11.1. The average Bonchev–Trinajstić information content (AvgIpc) is 2.74. The number of aliphatic carboxylic acids is 1. The summed E-state index contributed by atoms with van der Waals surface area (Å²) in [5, 5.41) is 9.09. The summed E-state index contributed by atoms with van der Waals surface area (Å²) in [5.41, 5.74) is 6.47. The second-order valence-electron chi connectivity index (χ2n) is 15.9. The van der Waals surface area contributed by atoms with Crippen LogP contribution in [0, 0.1) is 6.92 Å². The van der Waals surface area contributed by atoms with Crippen LogP contribution in [0.25, 0.3) is 0 Å². The Balaban J connectivity index is 2.57. The number of carboxylic acid groups (broad SMARTS) is 1. The van der Waals surface area contributed by atoms with Gasteiger partial charge in [-0.25, -0.2) is 0 Å².